The molecule has 0 saturated heterocycles. The van der Waals surface area contributed by atoms with Crippen LogP contribution >= 0.6 is 0 Å². The Labute approximate surface area is 130 Å². The van der Waals surface area contributed by atoms with Crippen molar-refractivity contribution in [2.75, 3.05) is 19.5 Å². The number of carbonyl (C=O) groups is 1. The van der Waals surface area contributed by atoms with E-state index in [4.69, 9.17) is 9.47 Å². The van der Waals surface area contributed by atoms with E-state index >= 15 is 0 Å². The molecule has 0 saturated carbocycles. The molecule has 0 amide bonds. The van der Waals surface area contributed by atoms with Gasteiger partial charge in [0, 0.05) is 31.3 Å². The van der Waals surface area contributed by atoms with E-state index in [1.807, 2.05) is 66.8 Å². The minimum Gasteiger partial charge on any atom is -0.496 e. The maximum Gasteiger partial charge on any atom is 0.302 e. The van der Waals surface area contributed by atoms with Crippen LogP contribution in [0.15, 0.2) is 18.2 Å². The molecule has 4 nitrogen and oxygen atoms in total. The zero-order valence-electron chi connectivity index (χ0n) is 15.2. The number of carbonyl (C=O) groups excluding carboxylic acids is 1. The van der Waals surface area contributed by atoms with E-state index < -0.39 is 0 Å². The average molecular weight is 299 g/mol. The summed E-state index contributed by atoms with van der Waals surface area (Å²) in [6, 6.07) is 5.63. The van der Waals surface area contributed by atoms with Gasteiger partial charge in [-0.15, -0.1) is 0 Å². The molecule has 1 rings (SSSR count). The highest BCUT2D eigenvalue weighted by atomic mass is 16.5. The molecule has 0 heterocycles. The van der Waals surface area contributed by atoms with E-state index in [0.29, 0.717) is 5.75 Å². The molecule has 0 radical (unpaired) electrons. The van der Waals surface area contributed by atoms with E-state index in [-0.39, 0.29) is 12.6 Å². The fourth-order valence-electron chi connectivity index (χ4n) is 1.20. The van der Waals surface area contributed by atoms with E-state index in [0.717, 1.165) is 11.3 Å². The van der Waals surface area contributed by atoms with E-state index in [1.165, 1.54) is 6.92 Å². The Kier molecular flexibility index (Phi) is 21.2. The molecule has 1 aromatic rings. The summed E-state index contributed by atoms with van der Waals surface area (Å²) >= 11 is 0. The number of anilines is 1. The molecule has 0 aromatic heterocycles. The van der Waals surface area contributed by atoms with Crippen molar-refractivity contribution in [1.29, 1.82) is 0 Å². The van der Waals surface area contributed by atoms with Gasteiger partial charge in [0.15, 0.2) is 0 Å². The van der Waals surface area contributed by atoms with Gasteiger partial charge in [0.05, 0.1) is 7.11 Å². The van der Waals surface area contributed by atoms with Gasteiger partial charge in [-0.05, 0) is 12.1 Å². The van der Waals surface area contributed by atoms with Crippen molar-refractivity contribution >= 4 is 11.7 Å². The molecule has 0 bridgehead atoms. The smallest absolute Gasteiger partial charge is 0.302 e. The lowest BCUT2D eigenvalue weighted by Crippen LogP contribution is -2.01. The third kappa shape index (κ3) is 11.8. The number of ether oxygens (including phenoxy) is 2. The first-order chi connectivity index (χ1) is 10.2. The standard InChI is InChI=1S/C11H15NO3.3C2H6/c1-8(13)15-7-9-4-5-10(12-2)6-11(9)14-3;3*1-2/h4-6,12H,7H2,1-3H3;3*1-2H3. The molecule has 0 atom stereocenters. The maximum absolute atomic E-state index is 10.7. The van der Waals surface area contributed by atoms with Crippen LogP contribution in [0.5, 0.6) is 5.75 Å². The van der Waals surface area contributed by atoms with Crippen LogP contribution in [0, 0.1) is 0 Å². The van der Waals surface area contributed by atoms with E-state index in [9.17, 15) is 4.79 Å². The van der Waals surface area contributed by atoms with E-state index in [1.54, 1.807) is 7.11 Å². The van der Waals surface area contributed by atoms with Gasteiger partial charge in [-0.25, -0.2) is 0 Å². The second-order valence-corrected chi connectivity index (χ2v) is 3.06. The largest absolute Gasteiger partial charge is 0.496 e. The van der Waals surface area contributed by atoms with Gasteiger partial charge in [-0.3, -0.25) is 4.79 Å². The molecular weight excluding hydrogens is 266 g/mol. The van der Waals surface area contributed by atoms with Crippen LogP contribution < -0.4 is 10.1 Å². The van der Waals surface area contributed by atoms with Crippen molar-refractivity contribution in [2.24, 2.45) is 0 Å². The topological polar surface area (TPSA) is 47.6 Å². The zero-order valence-corrected chi connectivity index (χ0v) is 15.2. The second kappa shape index (κ2) is 18.3. The Morgan fingerprint density at radius 1 is 1.10 bits per heavy atom. The van der Waals surface area contributed by atoms with Crippen LogP contribution in [0.1, 0.15) is 54.0 Å². The molecule has 0 aliphatic rings. The third-order valence-electron chi connectivity index (χ3n) is 2.01. The monoisotopic (exact) mass is 299 g/mol. The SMILES string of the molecule is CC.CC.CC.CNc1ccc(COC(C)=O)c(OC)c1. The molecular formula is C17H33NO3. The van der Waals surface area contributed by atoms with Crippen molar-refractivity contribution in [2.45, 2.75) is 55.1 Å². The molecule has 0 aliphatic carbocycles. The van der Waals surface area contributed by atoms with Crippen LogP contribution in [0.25, 0.3) is 0 Å². The van der Waals surface area contributed by atoms with Crippen LogP contribution in [0.4, 0.5) is 5.69 Å². The van der Waals surface area contributed by atoms with Crippen molar-refractivity contribution in [3.8, 4) is 5.75 Å². The maximum atomic E-state index is 10.7. The van der Waals surface area contributed by atoms with Gasteiger partial charge in [-0.2, -0.15) is 0 Å². The number of nitrogens with one attached hydrogen (secondary N) is 1. The van der Waals surface area contributed by atoms with Crippen molar-refractivity contribution in [3.63, 3.8) is 0 Å². The third-order valence-corrected chi connectivity index (χ3v) is 2.01. The summed E-state index contributed by atoms with van der Waals surface area (Å²) in [4.78, 5) is 10.7. The summed E-state index contributed by atoms with van der Waals surface area (Å²) in [6.45, 7) is 13.6. The van der Waals surface area contributed by atoms with Gasteiger partial charge < -0.3 is 14.8 Å². The zero-order chi connectivity index (χ0) is 17.3. The normalized spacial score (nSPS) is 7.67. The predicted octanol–water partition coefficient (Wildman–Crippen LogP) is 4.88. The highest BCUT2D eigenvalue weighted by Crippen LogP contribution is 2.23. The lowest BCUT2D eigenvalue weighted by molar-refractivity contribution is -0.142. The molecule has 0 unspecified atom stereocenters. The minimum absolute atomic E-state index is 0.239. The molecule has 1 N–H and O–H groups in total. The molecule has 21 heavy (non-hydrogen) atoms. The first kappa shape index (κ1) is 24.3. The van der Waals surface area contributed by atoms with E-state index in [2.05, 4.69) is 5.32 Å². The van der Waals surface area contributed by atoms with Gasteiger partial charge in [0.25, 0.3) is 0 Å². The summed E-state index contributed by atoms with van der Waals surface area (Å²) in [6.07, 6.45) is 0. The van der Waals surface area contributed by atoms with Crippen LogP contribution in [0.2, 0.25) is 0 Å². The number of hydrogen-bond acceptors (Lipinski definition) is 4. The van der Waals surface area contributed by atoms with Gasteiger partial charge in [0.2, 0.25) is 0 Å². The van der Waals surface area contributed by atoms with Crippen LogP contribution in [-0.2, 0) is 16.1 Å². The Balaban J connectivity index is -0.000000478. The molecule has 0 aliphatic heterocycles. The Bertz CT molecular complexity index is 352. The van der Waals surface area contributed by atoms with Crippen molar-refractivity contribution in [3.05, 3.63) is 23.8 Å². The fraction of sp³-hybridized carbons (Fsp3) is 0.588. The average Bonchev–Trinajstić information content (AvgIpc) is 2.58. The molecule has 1 aromatic carbocycles. The number of hydrogen-bond donors (Lipinski definition) is 1. The Hall–Kier alpha value is -1.71. The molecule has 0 fully saturated rings. The highest BCUT2D eigenvalue weighted by molar-refractivity contribution is 5.66. The summed E-state index contributed by atoms with van der Waals surface area (Å²) in [5.41, 5.74) is 1.81. The minimum atomic E-state index is -0.297. The molecule has 124 valence electrons. The summed E-state index contributed by atoms with van der Waals surface area (Å²) in [5, 5.41) is 3.01. The van der Waals surface area contributed by atoms with Gasteiger partial charge >= 0.3 is 5.97 Å². The lowest BCUT2D eigenvalue weighted by Gasteiger charge is -2.10. The molecule has 4 heteroatoms. The van der Waals surface area contributed by atoms with Crippen LogP contribution in [-0.4, -0.2) is 20.1 Å². The molecule has 0 spiro atoms. The van der Waals surface area contributed by atoms with Crippen molar-refractivity contribution in [1.82, 2.24) is 0 Å². The number of rotatable bonds is 4. The summed E-state index contributed by atoms with van der Waals surface area (Å²) in [5.74, 6) is 0.415. The quantitative estimate of drug-likeness (QED) is 0.805. The number of benzene rings is 1. The van der Waals surface area contributed by atoms with Crippen LogP contribution in [0.3, 0.4) is 0 Å². The number of esters is 1. The Morgan fingerprint density at radius 3 is 2.00 bits per heavy atom. The highest BCUT2D eigenvalue weighted by Gasteiger charge is 2.05. The van der Waals surface area contributed by atoms with Crippen molar-refractivity contribution < 1.29 is 14.3 Å². The Morgan fingerprint density at radius 2 is 1.62 bits per heavy atom. The first-order valence-electron chi connectivity index (χ1n) is 7.65. The second-order valence-electron chi connectivity index (χ2n) is 3.06. The van der Waals surface area contributed by atoms with Gasteiger partial charge in [-0.1, -0.05) is 41.5 Å². The summed E-state index contributed by atoms with van der Waals surface area (Å²) < 4.78 is 10.1. The fourth-order valence-corrected chi connectivity index (χ4v) is 1.20. The number of methoxy groups -OCH3 is 1. The first-order valence-corrected chi connectivity index (χ1v) is 7.65. The lowest BCUT2D eigenvalue weighted by atomic mass is 10.2. The summed E-state index contributed by atoms with van der Waals surface area (Å²) in [7, 11) is 3.42. The predicted molar refractivity (Wildman–Crippen MR) is 92.1 cm³/mol. The van der Waals surface area contributed by atoms with Gasteiger partial charge in [0.1, 0.15) is 12.4 Å².